The van der Waals surface area contributed by atoms with Crippen LogP contribution in [-0.4, -0.2) is 35.0 Å². The van der Waals surface area contributed by atoms with Gasteiger partial charge in [-0.15, -0.1) is 0 Å². The van der Waals surface area contributed by atoms with Crippen LogP contribution in [-0.2, 0) is 0 Å². The Kier molecular flexibility index (Phi) is 4.80. The first-order valence-corrected chi connectivity index (χ1v) is 7.99. The van der Waals surface area contributed by atoms with Crippen LogP contribution >= 0.6 is 11.6 Å². The van der Waals surface area contributed by atoms with Crippen LogP contribution in [0.3, 0.4) is 0 Å². The van der Waals surface area contributed by atoms with Crippen molar-refractivity contribution < 1.29 is 9.18 Å². The van der Waals surface area contributed by atoms with Crippen molar-refractivity contribution in [2.24, 2.45) is 0 Å². The zero-order chi connectivity index (χ0) is 17.1. The van der Waals surface area contributed by atoms with Crippen molar-refractivity contribution in [1.29, 1.82) is 0 Å². The van der Waals surface area contributed by atoms with E-state index in [2.05, 4.69) is 15.3 Å². The number of carbonyl (C=O) groups is 1. The molecule has 1 aliphatic heterocycles. The molecule has 0 radical (unpaired) electrons. The summed E-state index contributed by atoms with van der Waals surface area (Å²) in [5.74, 6) is -0.505. The second kappa shape index (κ2) is 7.00. The highest BCUT2D eigenvalue weighted by Gasteiger charge is 2.24. The Labute approximate surface area is 143 Å². The lowest BCUT2D eigenvalue weighted by Gasteiger charge is -2.33. The molecule has 1 aromatic heterocycles. The van der Waals surface area contributed by atoms with Crippen LogP contribution < -0.4 is 16.0 Å². The van der Waals surface area contributed by atoms with Crippen LogP contribution in [0, 0.1) is 5.82 Å². The molecular formula is C16H17ClFN5O. The summed E-state index contributed by atoms with van der Waals surface area (Å²) >= 11 is 5.81. The summed E-state index contributed by atoms with van der Waals surface area (Å²) in [7, 11) is 0. The third-order valence-corrected chi connectivity index (χ3v) is 4.15. The van der Waals surface area contributed by atoms with Gasteiger partial charge in [0.2, 0.25) is 5.95 Å². The van der Waals surface area contributed by atoms with Crippen molar-refractivity contribution in [2.45, 2.75) is 18.9 Å². The van der Waals surface area contributed by atoms with Crippen molar-refractivity contribution in [1.82, 2.24) is 15.3 Å². The van der Waals surface area contributed by atoms with Crippen LogP contribution in [0.5, 0.6) is 0 Å². The van der Waals surface area contributed by atoms with Gasteiger partial charge in [-0.05, 0) is 31.0 Å². The van der Waals surface area contributed by atoms with E-state index < -0.39 is 11.7 Å². The minimum atomic E-state index is -0.699. The van der Waals surface area contributed by atoms with Crippen LogP contribution in [0.1, 0.15) is 23.2 Å². The molecule has 0 spiro atoms. The largest absolute Gasteiger partial charge is 0.396 e. The van der Waals surface area contributed by atoms with Crippen LogP contribution in [0.2, 0.25) is 5.02 Å². The topological polar surface area (TPSA) is 84.1 Å². The Balaban J connectivity index is 1.71. The molecule has 1 aliphatic rings. The second-order valence-corrected chi connectivity index (χ2v) is 6.09. The lowest BCUT2D eigenvalue weighted by Crippen LogP contribution is -2.48. The summed E-state index contributed by atoms with van der Waals surface area (Å²) in [6, 6.07) is 4.11. The number of anilines is 2. The van der Waals surface area contributed by atoms with Gasteiger partial charge in [0.15, 0.2) is 0 Å². The summed E-state index contributed by atoms with van der Waals surface area (Å²) in [5.41, 5.74) is 5.50. The van der Waals surface area contributed by atoms with E-state index >= 15 is 0 Å². The summed E-state index contributed by atoms with van der Waals surface area (Å²) in [5, 5.41) is 3.02. The summed E-state index contributed by atoms with van der Waals surface area (Å²) in [4.78, 5) is 22.9. The minimum Gasteiger partial charge on any atom is -0.396 e. The summed E-state index contributed by atoms with van der Waals surface area (Å²) in [6.07, 6.45) is 5.07. The van der Waals surface area contributed by atoms with E-state index in [1.54, 1.807) is 18.5 Å². The van der Waals surface area contributed by atoms with Gasteiger partial charge in [-0.2, -0.15) is 0 Å². The molecule has 1 atom stereocenters. The average Bonchev–Trinajstić information content (AvgIpc) is 2.59. The fourth-order valence-corrected chi connectivity index (χ4v) is 2.97. The van der Waals surface area contributed by atoms with E-state index in [-0.39, 0.29) is 22.3 Å². The number of benzene rings is 1. The van der Waals surface area contributed by atoms with Crippen molar-refractivity contribution in [3.05, 3.63) is 47.0 Å². The molecular weight excluding hydrogens is 333 g/mol. The van der Waals surface area contributed by atoms with E-state index in [0.29, 0.717) is 12.5 Å². The summed E-state index contributed by atoms with van der Waals surface area (Å²) in [6.45, 7) is 1.41. The molecule has 3 N–H and O–H groups in total. The predicted octanol–water partition coefficient (Wildman–Crippen LogP) is 2.25. The predicted molar refractivity (Wildman–Crippen MR) is 90.6 cm³/mol. The fraction of sp³-hybridized carbons (Fsp3) is 0.312. The molecule has 1 saturated heterocycles. The molecule has 24 heavy (non-hydrogen) atoms. The van der Waals surface area contributed by atoms with Crippen molar-refractivity contribution in [2.75, 3.05) is 23.7 Å². The molecule has 1 aromatic carbocycles. The molecule has 2 heterocycles. The number of hydrogen-bond acceptors (Lipinski definition) is 5. The van der Waals surface area contributed by atoms with Crippen molar-refractivity contribution >= 4 is 29.1 Å². The van der Waals surface area contributed by atoms with Gasteiger partial charge in [0, 0.05) is 36.5 Å². The number of aromatic nitrogens is 2. The molecule has 0 saturated carbocycles. The van der Waals surface area contributed by atoms with Crippen LogP contribution in [0.15, 0.2) is 30.6 Å². The van der Waals surface area contributed by atoms with Crippen molar-refractivity contribution in [3.63, 3.8) is 0 Å². The Bertz CT molecular complexity index is 743. The third kappa shape index (κ3) is 3.56. The van der Waals surface area contributed by atoms with Gasteiger partial charge in [0.1, 0.15) is 5.82 Å². The van der Waals surface area contributed by atoms with Gasteiger partial charge in [0.25, 0.3) is 5.91 Å². The Morgan fingerprint density at radius 1 is 1.38 bits per heavy atom. The maximum absolute atomic E-state index is 13.6. The zero-order valence-electron chi connectivity index (χ0n) is 12.9. The maximum atomic E-state index is 13.6. The normalized spacial score (nSPS) is 17.6. The molecule has 1 unspecified atom stereocenters. The Morgan fingerprint density at radius 3 is 2.88 bits per heavy atom. The smallest absolute Gasteiger partial charge is 0.253 e. The standard InChI is InChI=1S/C16H17ClFN5O/c17-10-7-12(14(19)13(18)8-10)15(24)22-11-3-1-6-23(9-11)16-20-4-2-5-21-16/h2,4-5,7-8,11H,1,3,6,9,19H2,(H,22,24). The van der Waals surface area contributed by atoms with Crippen molar-refractivity contribution in [3.8, 4) is 0 Å². The van der Waals surface area contributed by atoms with E-state index in [9.17, 15) is 9.18 Å². The van der Waals surface area contributed by atoms with Gasteiger partial charge in [-0.25, -0.2) is 14.4 Å². The molecule has 3 rings (SSSR count). The number of piperidine rings is 1. The number of nitrogen functional groups attached to an aromatic ring is 1. The molecule has 0 bridgehead atoms. The molecule has 6 nitrogen and oxygen atoms in total. The monoisotopic (exact) mass is 349 g/mol. The average molecular weight is 350 g/mol. The van der Waals surface area contributed by atoms with E-state index in [0.717, 1.165) is 25.5 Å². The highest BCUT2D eigenvalue weighted by molar-refractivity contribution is 6.31. The van der Waals surface area contributed by atoms with E-state index in [1.807, 2.05) is 4.90 Å². The SMILES string of the molecule is Nc1c(F)cc(Cl)cc1C(=O)NC1CCCN(c2ncccn2)C1. The number of hydrogen-bond donors (Lipinski definition) is 2. The highest BCUT2D eigenvalue weighted by Crippen LogP contribution is 2.23. The van der Waals surface area contributed by atoms with Crippen LogP contribution in [0.4, 0.5) is 16.0 Å². The van der Waals surface area contributed by atoms with E-state index in [4.69, 9.17) is 17.3 Å². The van der Waals surface area contributed by atoms with E-state index in [1.165, 1.54) is 6.07 Å². The Hall–Kier alpha value is -2.41. The number of nitrogens with two attached hydrogens (primary N) is 1. The first-order valence-electron chi connectivity index (χ1n) is 7.62. The molecule has 1 amide bonds. The van der Waals surface area contributed by atoms with Crippen LogP contribution in [0.25, 0.3) is 0 Å². The van der Waals surface area contributed by atoms with Gasteiger partial charge < -0.3 is 16.0 Å². The molecule has 2 aromatic rings. The highest BCUT2D eigenvalue weighted by atomic mass is 35.5. The Morgan fingerprint density at radius 2 is 2.12 bits per heavy atom. The lowest BCUT2D eigenvalue weighted by molar-refractivity contribution is 0.0933. The van der Waals surface area contributed by atoms with Gasteiger partial charge in [-0.1, -0.05) is 11.6 Å². The number of halogens is 2. The van der Waals surface area contributed by atoms with Gasteiger partial charge >= 0.3 is 0 Å². The maximum Gasteiger partial charge on any atom is 0.253 e. The quantitative estimate of drug-likeness (QED) is 0.830. The minimum absolute atomic E-state index is 0.0492. The van der Waals surface area contributed by atoms with Gasteiger partial charge in [-0.3, -0.25) is 4.79 Å². The number of carbonyl (C=O) groups excluding carboxylic acids is 1. The fourth-order valence-electron chi connectivity index (χ4n) is 2.77. The number of amides is 1. The molecule has 1 fully saturated rings. The number of nitrogens with one attached hydrogen (secondary N) is 1. The second-order valence-electron chi connectivity index (χ2n) is 5.66. The number of nitrogens with zero attached hydrogens (tertiary/aromatic N) is 3. The lowest BCUT2D eigenvalue weighted by atomic mass is 10.0. The number of rotatable bonds is 3. The molecule has 126 valence electrons. The summed E-state index contributed by atoms with van der Waals surface area (Å²) < 4.78 is 13.6. The first-order chi connectivity index (χ1) is 11.5. The zero-order valence-corrected chi connectivity index (χ0v) is 13.6. The third-order valence-electron chi connectivity index (χ3n) is 3.93. The van der Waals surface area contributed by atoms with Gasteiger partial charge in [0.05, 0.1) is 11.3 Å². The molecule has 8 heteroatoms. The molecule has 0 aliphatic carbocycles. The first kappa shape index (κ1) is 16.4.